The maximum atomic E-state index is 12.0. The first kappa shape index (κ1) is 18.8. The molecule has 0 spiro atoms. The molecule has 1 N–H and O–H groups in total. The number of carbonyl (C=O) groups is 1. The molecule has 1 aromatic carbocycles. The molecule has 0 aromatic heterocycles. The number of hydrogen-bond donors (Lipinski definition) is 1. The smallest absolute Gasteiger partial charge is 0.220 e. The van der Waals surface area contributed by atoms with Crippen LogP contribution in [0.1, 0.15) is 51.0 Å². The molecule has 1 atom stereocenters. The quantitative estimate of drug-likeness (QED) is 0.705. The van der Waals surface area contributed by atoms with Gasteiger partial charge in [0.15, 0.2) is 0 Å². The van der Waals surface area contributed by atoms with Crippen molar-refractivity contribution in [1.29, 1.82) is 0 Å². The van der Waals surface area contributed by atoms with E-state index in [1.54, 1.807) is 7.11 Å². The summed E-state index contributed by atoms with van der Waals surface area (Å²) in [5, 5.41) is 3.10. The Balaban J connectivity index is 1.55. The number of ether oxygens (including phenoxy) is 1. The predicted octanol–water partition coefficient (Wildman–Crippen LogP) is 3.40. The molecule has 4 nitrogen and oxygen atoms in total. The van der Waals surface area contributed by atoms with E-state index in [2.05, 4.69) is 29.3 Å². The van der Waals surface area contributed by atoms with Gasteiger partial charge in [0.25, 0.3) is 0 Å². The lowest BCUT2D eigenvalue weighted by molar-refractivity contribution is -0.121. The number of hydrogen-bond acceptors (Lipinski definition) is 3. The largest absolute Gasteiger partial charge is 0.497 e. The van der Waals surface area contributed by atoms with Crippen LogP contribution >= 0.6 is 0 Å². The third-order valence-electron chi connectivity index (χ3n) is 4.89. The number of rotatable bonds is 9. The zero-order chi connectivity index (χ0) is 17.2. The van der Waals surface area contributed by atoms with Crippen molar-refractivity contribution in [2.24, 2.45) is 0 Å². The molecule has 4 heteroatoms. The molecule has 0 bridgehead atoms. The Hall–Kier alpha value is -1.55. The summed E-state index contributed by atoms with van der Waals surface area (Å²) < 4.78 is 5.16. The van der Waals surface area contributed by atoms with E-state index in [1.807, 2.05) is 12.1 Å². The lowest BCUT2D eigenvalue weighted by Gasteiger charge is -2.32. The van der Waals surface area contributed by atoms with E-state index in [1.165, 1.54) is 37.9 Å². The number of methoxy groups -OCH3 is 1. The molecule has 2 rings (SSSR count). The van der Waals surface area contributed by atoms with Crippen LogP contribution < -0.4 is 10.1 Å². The number of amides is 1. The fraction of sp³-hybridized carbons (Fsp3) is 0.650. The first-order chi connectivity index (χ1) is 11.7. The zero-order valence-corrected chi connectivity index (χ0v) is 15.2. The van der Waals surface area contributed by atoms with Crippen molar-refractivity contribution >= 4 is 5.91 Å². The summed E-state index contributed by atoms with van der Waals surface area (Å²) in [6.07, 6.45) is 7.57. The van der Waals surface area contributed by atoms with Gasteiger partial charge >= 0.3 is 0 Å². The molecule has 1 aromatic rings. The molecule has 0 saturated carbocycles. The molecule has 134 valence electrons. The second-order valence-electron chi connectivity index (χ2n) is 6.80. The Morgan fingerprint density at radius 2 is 1.88 bits per heavy atom. The second-order valence-corrected chi connectivity index (χ2v) is 6.80. The molecule has 1 heterocycles. The number of nitrogens with zero attached hydrogens (tertiary/aromatic N) is 1. The van der Waals surface area contributed by atoms with Crippen LogP contribution in [0.25, 0.3) is 0 Å². The molecule has 1 saturated heterocycles. The fourth-order valence-corrected chi connectivity index (χ4v) is 3.25. The summed E-state index contributed by atoms with van der Waals surface area (Å²) in [4.78, 5) is 14.5. The Labute approximate surface area is 146 Å². The van der Waals surface area contributed by atoms with Crippen LogP contribution in [-0.4, -0.2) is 43.6 Å². The molecule has 1 aliphatic heterocycles. The van der Waals surface area contributed by atoms with E-state index >= 15 is 0 Å². The Morgan fingerprint density at radius 3 is 2.54 bits per heavy atom. The predicted molar refractivity (Wildman–Crippen MR) is 98.4 cm³/mol. The third kappa shape index (κ3) is 6.52. The van der Waals surface area contributed by atoms with Gasteiger partial charge in [-0.3, -0.25) is 9.69 Å². The van der Waals surface area contributed by atoms with E-state index in [9.17, 15) is 4.79 Å². The number of aryl methyl sites for hydroxylation is 1. The minimum Gasteiger partial charge on any atom is -0.497 e. The Morgan fingerprint density at radius 1 is 1.17 bits per heavy atom. The van der Waals surface area contributed by atoms with Gasteiger partial charge in [0, 0.05) is 19.0 Å². The Bertz CT molecular complexity index is 481. The SMILES string of the molecule is COc1ccc(CCCCC(=O)NCC(C)N2CCCCC2)cc1. The second kappa shape index (κ2) is 10.3. The highest BCUT2D eigenvalue weighted by molar-refractivity contribution is 5.75. The molecule has 0 aliphatic carbocycles. The topological polar surface area (TPSA) is 41.6 Å². The highest BCUT2D eigenvalue weighted by atomic mass is 16.5. The Kier molecular flexibility index (Phi) is 8.10. The molecular formula is C20H32N2O2. The lowest BCUT2D eigenvalue weighted by Crippen LogP contribution is -2.44. The number of unbranched alkanes of at least 4 members (excludes halogenated alkanes) is 1. The molecule has 1 aliphatic rings. The van der Waals surface area contributed by atoms with Crippen LogP contribution in [0.2, 0.25) is 0 Å². The van der Waals surface area contributed by atoms with Crippen LogP contribution in [0.4, 0.5) is 0 Å². The number of carbonyl (C=O) groups excluding carboxylic acids is 1. The van der Waals surface area contributed by atoms with Crippen molar-refractivity contribution in [1.82, 2.24) is 10.2 Å². The average molecular weight is 332 g/mol. The third-order valence-corrected chi connectivity index (χ3v) is 4.89. The molecule has 1 fully saturated rings. The van der Waals surface area contributed by atoms with Crippen LogP contribution in [-0.2, 0) is 11.2 Å². The van der Waals surface area contributed by atoms with E-state index in [-0.39, 0.29) is 5.91 Å². The fourth-order valence-electron chi connectivity index (χ4n) is 3.25. The van der Waals surface area contributed by atoms with Gasteiger partial charge < -0.3 is 10.1 Å². The van der Waals surface area contributed by atoms with E-state index in [0.29, 0.717) is 12.5 Å². The minimum absolute atomic E-state index is 0.189. The number of piperidine rings is 1. The van der Waals surface area contributed by atoms with Gasteiger partial charge in [-0.25, -0.2) is 0 Å². The van der Waals surface area contributed by atoms with Gasteiger partial charge in [-0.1, -0.05) is 18.6 Å². The molecule has 24 heavy (non-hydrogen) atoms. The summed E-state index contributed by atoms with van der Waals surface area (Å²) in [6, 6.07) is 8.63. The number of nitrogens with one attached hydrogen (secondary N) is 1. The summed E-state index contributed by atoms with van der Waals surface area (Å²) in [5.74, 6) is 1.08. The number of benzene rings is 1. The van der Waals surface area contributed by atoms with Gasteiger partial charge in [-0.2, -0.15) is 0 Å². The van der Waals surface area contributed by atoms with Crippen molar-refractivity contribution in [3.05, 3.63) is 29.8 Å². The van der Waals surface area contributed by atoms with Gasteiger partial charge in [-0.15, -0.1) is 0 Å². The van der Waals surface area contributed by atoms with Crippen molar-refractivity contribution in [2.75, 3.05) is 26.7 Å². The standard InChI is InChI=1S/C20H32N2O2/c1-17(22-14-6-3-7-15-22)16-21-20(23)9-5-4-8-18-10-12-19(24-2)13-11-18/h10-13,17H,3-9,14-16H2,1-2H3,(H,21,23). The average Bonchev–Trinajstić information content (AvgIpc) is 2.64. The summed E-state index contributed by atoms with van der Waals surface area (Å²) in [5.41, 5.74) is 1.30. The van der Waals surface area contributed by atoms with Gasteiger partial charge in [-0.05, 0) is 69.8 Å². The molecule has 0 radical (unpaired) electrons. The van der Waals surface area contributed by atoms with Crippen LogP contribution in [0, 0.1) is 0 Å². The van der Waals surface area contributed by atoms with Crippen molar-refractivity contribution in [3.8, 4) is 5.75 Å². The molecule has 1 unspecified atom stereocenters. The maximum Gasteiger partial charge on any atom is 0.220 e. The van der Waals surface area contributed by atoms with Crippen molar-refractivity contribution < 1.29 is 9.53 Å². The highest BCUT2D eigenvalue weighted by Crippen LogP contribution is 2.14. The van der Waals surface area contributed by atoms with Crippen LogP contribution in [0.3, 0.4) is 0 Å². The van der Waals surface area contributed by atoms with Crippen LogP contribution in [0.5, 0.6) is 5.75 Å². The molecular weight excluding hydrogens is 300 g/mol. The molecule has 1 amide bonds. The van der Waals surface area contributed by atoms with Crippen LogP contribution in [0.15, 0.2) is 24.3 Å². The zero-order valence-electron chi connectivity index (χ0n) is 15.2. The van der Waals surface area contributed by atoms with Gasteiger partial charge in [0.05, 0.1) is 7.11 Å². The first-order valence-corrected chi connectivity index (χ1v) is 9.32. The summed E-state index contributed by atoms with van der Waals surface area (Å²) in [7, 11) is 1.68. The maximum absolute atomic E-state index is 12.0. The number of likely N-dealkylation sites (tertiary alicyclic amines) is 1. The summed E-state index contributed by atoms with van der Waals surface area (Å²) in [6.45, 7) is 5.35. The van der Waals surface area contributed by atoms with Gasteiger partial charge in [0.1, 0.15) is 5.75 Å². The highest BCUT2D eigenvalue weighted by Gasteiger charge is 2.16. The van der Waals surface area contributed by atoms with Crippen molar-refractivity contribution in [2.45, 2.75) is 57.9 Å². The summed E-state index contributed by atoms with van der Waals surface area (Å²) >= 11 is 0. The monoisotopic (exact) mass is 332 g/mol. The van der Waals surface area contributed by atoms with E-state index in [4.69, 9.17) is 4.74 Å². The minimum atomic E-state index is 0.189. The van der Waals surface area contributed by atoms with Gasteiger partial charge in [0.2, 0.25) is 5.91 Å². The first-order valence-electron chi connectivity index (χ1n) is 9.32. The van der Waals surface area contributed by atoms with E-state index < -0.39 is 0 Å². The lowest BCUT2D eigenvalue weighted by atomic mass is 10.1. The van der Waals surface area contributed by atoms with E-state index in [0.717, 1.165) is 31.6 Å². The normalized spacial score (nSPS) is 16.6. The van der Waals surface area contributed by atoms with Crippen molar-refractivity contribution in [3.63, 3.8) is 0 Å².